The summed E-state index contributed by atoms with van der Waals surface area (Å²) in [4.78, 5) is 32.8. The lowest BCUT2D eigenvalue weighted by atomic mass is 9.80. The van der Waals surface area contributed by atoms with Crippen molar-refractivity contribution in [2.45, 2.75) is 47.1 Å². The fourth-order valence-electron chi connectivity index (χ4n) is 4.21. The number of para-hydroxylation sites is 1. The van der Waals surface area contributed by atoms with E-state index in [-0.39, 0.29) is 18.4 Å². The normalized spacial score (nSPS) is 18.9. The molecule has 0 bridgehead atoms. The van der Waals surface area contributed by atoms with Crippen molar-refractivity contribution in [3.63, 3.8) is 0 Å². The SMILES string of the molecule is Cc1nc2c(C)cccc2cc1C(=O)N1CCCC(C)(C(=O)NCc2nonc2C)C1. The first-order chi connectivity index (χ1) is 14.8. The number of carbonyl (C=O) groups is 2. The molecule has 1 unspecified atom stereocenters. The van der Waals surface area contributed by atoms with Gasteiger partial charge in [-0.25, -0.2) is 4.63 Å². The van der Waals surface area contributed by atoms with Crippen LogP contribution in [0.25, 0.3) is 10.9 Å². The van der Waals surface area contributed by atoms with Crippen LogP contribution in [0.1, 0.15) is 52.8 Å². The highest BCUT2D eigenvalue weighted by Crippen LogP contribution is 2.31. The molecule has 8 heteroatoms. The Kier molecular flexibility index (Phi) is 5.47. The number of nitrogens with zero attached hydrogens (tertiary/aromatic N) is 4. The van der Waals surface area contributed by atoms with E-state index < -0.39 is 5.41 Å². The number of piperidine rings is 1. The molecule has 1 aliphatic heterocycles. The van der Waals surface area contributed by atoms with Gasteiger partial charge in [-0.3, -0.25) is 14.6 Å². The van der Waals surface area contributed by atoms with Crippen LogP contribution in [0, 0.1) is 26.2 Å². The Morgan fingerprint density at radius 2 is 2.00 bits per heavy atom. The molecule has 3 aromatic rings. The highest BCUT2D eigenvalue weighted by atomic mass is 16.6. The molecule has 1 saturated heterocycles. The predicted octanol–water partition coefficient (Wildman–Crippen LogP) is 3.10. The van der Waals surface area contributed by atoms with Crippen molar-refractivity contribution in [3.8, 4) is 0 Å². The van der Waals surface area contributed by atoms with E-state index >= 15 is 0 Å². The van der Waals surface area contributed by atoms with Gasteiger partial charge in [-0.1, -0.05) is 28.5 Å². The second-order valence-corrected chi connectivity index (χ2v) is 8.64. The fourth-order valence-corrected chi connectivity index (χ4v) is 4.21. The van der Waals surface area contributed by atoms with E-state index in [1.165, 1.54) is 0 Å². The van der Waals surface area contributed by atoms with Gasteiger partial charge < -0.3 is 10.2 Å². The Labute approximate surface area is 181 Å². The van der Waals surface area contributed by atoms with Gasteiger partial charge in [-0.2, -0.15) is 0 Å². The molecule has 0 spiro atoms. The number of amides is 2. The van der Waals surface area contributed by atoms with Gasteiger partial charge in [0.05, 0.1) is 28.7 Å². The minimum Gasteiger partial charge on any atom is -0.350 e. The molecule has 0 aliphatic carbocycles. The molecule has 1 atom stereocenters. The first-order valence-electron chi connectivity index (χ1n) is 10.5. The molecular formula is C23H27N5O3. The first-order valence-corrected chi connectivity index (χ1v) is 10.5. The number of fused-ring (bicyclic) bond motifs is 1. The van der Waals surface area contributed by atoms with E-state index in [1.807, 2.05) is 45.0 Å². The van der Waals surface area contributed by atoms with Crippen molar-refractivity contribution in [2.75, 3.05) is 13.1 Å². The smallest absolute Gasteiger partial charge is 0.255 e. The van der Waals surface area contributed by atoms with E-state index in [4.69, 9.17) is 0 Å². The molecule has 1 aliphatic rings. The molecule has 0 radical (unpaired) electrons. The Hall–Kier alpha value is -3.29. The summed E-state index contributed by atoms with van der Waals surface area (Å²) in [5.74, 6) is -0.180. The fraction of sp³-hybridized carbons (Fsp3) is 0.435. The van der Waals surface area contributed by atoms with Crippen molar-refractivity contribution in [2.24, 2.45) is 5.41 Å². The van der Waals surface area contributed by atoms with Gasteiger partial charge in [0.25, 0.3) is 5.91 Å². The second kappa shape index (κ2) is 8.09. The van der Waals surface area contributed by atoms with Crippen LogP contribution in [-0.2, 0) is 11.3 Å². The first kappa shape index (κ1) is 21.0. The highest BCUT2D eigenvalue weighted by molar-refractivity contribution is 5.99. The zero-order valence-electron chi connectivity index (χ0n) is 18.4. The molecule has 8 nitrogen and oxygen atoms in total. The van der Waals surface area contributed by atoms with Crippen LogP contribution in [0.4, 0.5) is 0 Å². The summed E-state index contributed by atoms with van der Waals surface area (Å²) >= 11 is 0. The summed E-state index contributed by atoms with van der Waals surface area (Å²) < 4.78 is 4.68. The quantitative estimate of drug-likeness (QED) is 0.695. The standard InChI is InChI=1S/C23H27N5O3/c1-14-7-5-8-17-11-18(15(2)25-20(14)17)21(29)28-10-6-9-23(4,13-28)22(30)24-12-19-16(3)26-31-27-19/h5,7-8,11H,6,9-10,12-13H2,1-4H3,(H,24,30). The number of benzene rings is 1. The van der Waals surface area contributed by atoms with Crippen LogP contribution in [0.15, 0.2) is 28.9 Å². The third-order valence-corrected chi connectivity index (χ3v) is 6.16. The van der Waals surface area contributed by atoms with E-state index in [0.717, 1.165) is 22.9 Å². The highest BCUT2D eigenvalue weighted by Gasteiger charge is 2.39. The molecule has 2 amide bonds. The zero-order valence-corrected chi connectivity index (χ0v) is 18.4. The van der Waals surface area contributed by atoms with Gasteiger partial charge in [0.1, 0.15) is 11.4 Å². The lowest BCUT2D eigenvalue weighted by Gasteiger charge is -2.39. The van der Waals surface area contributed by atoms with Crippen molar-refractivity contribution in [3.05, 3.63) is 52.5 Å². The van der Waals surface area contributed by atoms with Crippen LogP contribution >= 0.6 is 0 Å². The zero-order chi connectivity index (χ0) is 22.2. The summed E-state index contributed by atoms with van der Waals surface area (Å²) in [6.45, 7) is 8.81. The topological polar surface area (TPSA) is 101 Å². The number of aromatic nitrogens is 3. The number of likely N-dealkylation sites (tertiary alicyclic amines) is 1. The van der Waals surface area contributed by atoms with Crippen LogP contribution in [0.5, 0.6) is 0 Å². The van der Waals surface area contributed by atoms with Crippen LogP contribution in [-0.4, -0.2) is 45.1 Å². The summed E-state index contributed by atoms with van der Waals surface area (Å²) in [7, 11) is 0. The molecule has 3 heterocycles. The van der Waals surface area contributed by atoms with Crippen LogP contribution in [0.3, 0.4) is 0 Å². The van der Waals surface area contributed by atoms with Gasteiger partial charge in [0, 0.05) is 18.5 Å². The van der Waals surface area contributed by atoms with Gasteiger partial charge in [0.2, 0.25) is 5.91 Å². The number of carbonyl (C=O) groups excluding carboxylic acids is 2. The number of rotatable bonds is 4. The van der Waals surface area contributed by atoms with Crippen LogP contribution in [0.2, 0.25) is 0 Å². The summed E-state index contributed by atoms with van der Waals surface area (Å²) in [5, 5.41) is 11.4. The molecule has 162 valence electrons. The average Bonchev–Trinajstić information content (AvgIpc) is 3.16. The van der Waals surface area contributed by atoms with E-state index in [9.17, 15) is 9.59 Å². The number of aryl methyl sites for hydroxylation is 3. The molecule has 1 fully saturated rings. The molecule has 1 aromatic carbocycles. The van der Waals surface area contributed by atoms with Gasteiger partial charge in [-0.15, -0.1) is 0 Å². The lowest BCUT2D eigenvalue weighted by Crippen LogP contribution is -2.52. The van der Waals surface area contributed by atoms with Crippen molar-refractivity contribution in [1.29, 1.82) is 0 Å². The van der Waals surface area contributed by atoms with Gasteiger partial charge >= 0.3 is 0 Å². The van der Waals surface area contributed by atoms with E-state index in [0.29, 0.717) is 42.2 Å². The molecular weight excluding hydrogens is 394 g/mol. The summed E-state index contributed by atoms with van der Waals surface area (Å²) in [6, 6.07) is 7.87. The molecule has 0 saturated carbocycles. The van der Waals surface area contributed by atoms with Gasteiger partial charge in [-0.05, 0) is 52.2 Å². The minimum absolute atomic E-state index is 0.0799. The van der Waals surface area contributed by atoms with Crippen LogP contribution < -0.4 is 5.32 Å². The third-order valence-electron chi connectivity index (χ3n) is 6.16. The molecule has 1 N–H and O–H groups in total. The monoisotopic (exact) mass is 421 g/mol. The largest absolute Gasteiger partial charge is 0.350 e. The van der Waals surface area contributed by atoms with Crippen molar-refractivity contribution in [1.82, 2.24) is 25.5 Å². The van der Waals surface area contributed by atoms with Crippen molar-refractivity contribution < 1.29 is 14.2 Å². The Morgan fingerprint density at radius 1 is 1.19 bits per heavy atom. The Balaban J connectivity index is 1.52. The second-order valence-electron chi connectivity index (χ2n) is 8.64. The molecule has 31 heavy (non-hydrogen) atoms. The van der Waals surface area contributed by atoms with E-state index in [2.05, 4.69) is 25.2 Å². The number of nitrogens with one attached hydrogen (secondary N) is 1. The molecule has 2 aromatic heterocycles. The third kappa shape index (κ3) is 4.02. The maximum atomic E-state index is 13.4. The number of hydrogen-bond donors (Lipinski definition) is 1. The minimum atomic E-state index is -0.673. The predicted molar refractivity (Wildman–Crippen MR) is 115 cm³/mol. The number of pyridine rings is 1. The average molecular weight is 422 g/mol. The van der Waals surface area contributed by atoms with Crippen molar-refractivity contribution >= 4 is 22.7 Å². The summed E-state index contributed by atoms with van der Waals surface area (Å²) in [5.41, 5.74) is 3.88. The number of hydrogen-bond acceptors (Lipinski definition) is 6. The van der Waals surface area contributed by atoms with E-state index in [1.54, 1.807) is 11.8 Å². The van der Waals surface area contributed by atoms with Gasteiger partial charge in [0.15, 0.2) is 0 Å². The Bertz CT molecular complexity index is 1160. The maximum absolute atomic E-state index is 13.4. The Morgan fingerprint density at radius 3 is 2.74 bits per heavy atom. The summed E-state index contributed by atoms with van der Waals surface area (Å²) in [6.07, 6.45) is 1.48. The maximum Gasteiger partial charge on any atom is 0.255 e. The lowest BCUT2D eigenvalue weighted by molar-refractivity contribution is -0.132. The molecule has 4 rings (SSSR count).